The smallest absolute Gasteiger partial charge is 0.413 e. The molecule has 0 spiro atoms. The third-order valence-electron chi connectivity index (χ3n) is 4.88. The van der Waals surface area contributed by atoms with Crippen LogP contribution in [0.3, 0.4) is 0 Å². The Hall–Kier alpha value is -4.38. The second-order valence-electron chi connectivity index (χ2n) is 7.30. The molecule has 1 aromatic heterocycles. The third kappa shape index (κ3) is 7.05. The van der Waals surface area contributed by atoms with Crippen LogP contribution in [0.5, 0.6) is 5.75 Å². The van der Waals surface area contributed by atoms with E-state index >= 15 is 0 Å². The molecule has 2 aromatic carbocycles. The first-order valence-corrected chi connectivity index (χ1v) is 10.1. The Labute approximate surface area is 205 Å². The van der Waals surface area contributed by atoms with Gasteiger partial charge in [-0.05, 0) is 41.1 Å². The van der Waals surface area contributed by atoms with E-state index in [1.807, 2.05) is 0 Å². The van der Waals surface area contributed by atoms with Gasteiger partial charge in [0.1, 0.15) is 17.3 Å². The first-order valence-electron chi connectivity index (χ1n) is 10.1. The van der Waals surface area contributed by atoms with E-state index in [9.17, 15) is 19.2 Å². The Morgan fingerprint density at radius 1 is 1.06 bits per heavy atom. The maximum absolute atomic E-state index is 12.4. The summed E-state index contributed by atoms with van der Waals surface area (Å²) in [6, 6.07) is 13.2. The van der Waals surface area contributed by atoms with Crippen molar-refractivity contribution in [2.24, 2.45) is 5.73 Å². The van der Waals surface area contributed by atoms with E-state index in [0.29, 0.717) is 22.0 Å². The van der Waals surface area contributed by atoms with Crippen LogP contribution in [0.1, 0.15) is 34.7 Å². The van der Waals surface area contributed by atoms with Crippen LogP contribution >= 0.6 is 12.4 Å². The normalized spacial score (nSPS) is 10.2. The number of halogens is 1. The van der Waals surface area contributed by atoms with Gasteiger partial charge in [-0.3, -0.25) is 19.9 Å². The van der Waals surface area contributed by atoms with Gasteiger partial charge in [0.25, 0.3) is 0 Å². The average molecular weight is 503 g/mol. The number of carbonyl (C=O) groups is 4. The van der Waals surface area contributed by atoms with Crippen molar-refractivity contribution in [3.8, 4) is 5.75 Å². The van der Waals surface area contributed by atoms with Gasteiger partial charge in [-0.25, -0.2) is 9.59 Å². The number of amidine groups is 1. The lowest BCUT2D eigenvalue weighted by Gasteiger charge is -2.10. The van der Waals surface area contributed by atoms with Gasteiger partial charge in [0, 0.05) is 25.5 Å². The van der Waals surface area contributed by atoms with Crippen molar-refractivity contribution >= 4 is 52.9 Å². The molecule has 0 atom stereocenters. The molecule has 0 unspecified atom stereocenters. The monoisotopic (exact) mass is 502 g/mol. The highest BCUT2D eigenvalue weighted by Crippen LogP contribution is 2.23. The van der Waals surface area contributed by atoms with Crippen molar-refractivity contribution in [1.29, 1.82) is 5.41 Å². The fourth-order valence-electron chi connectivity index (χ4n) is 2.96. The highest BCUT2D eigenvalue weighted by Gasteiger charge is 2.17. The molecule has 3 rings (SSSR count). The molecule has 0 aliphatic carbocycles. The highest BCUT2D eigenvalue weighted by molar-refractivity contribution is 5.99. The molecule has 3 amide bonds. The summed E-state index contributed by atoms with van der Waals surface area (Å²) >= 11 is 0. The quantitative estimate of drug-likeness (QED) is 0.157. The van der Waals surface area contributed by atoms with Crippen LogP contribution in [0, 0.1) is 5.41 Å². The van der Waals surface area contributed by atoms with Gasteiger partial charge < -0.3 is 25.3 Å². The second-order valence-corrected chi connectivity index (χ2v) is 7.30. The third-order valence-corrected chi connectivity index (χ3v) is 4.88. The van der Waals surface area contributed by atoms with Gasteiger partial charge in [-0.1, -0.05) is 18.2 Å². The minimum Gasteiger partial charge on any atom is -0.465 e. The number of nitrogens with two attached hydrogens (primary N) is 1. The van der Waals surface area contributed by atoms with Gasteiger partial charge in [0.2, 0.25) is 17.6 Å². The predicted octanol–water partition coefficient (Wildman–Crippen LogP) is 2.89. The fourth-order valence-corrected chi connectivity index (χ4v) is 2.96. The number of imide groups is 1. The Morgan fingerprint density at radius 3 is 2.43 bits per heavy atom. The molecule has 11 nitrogen and oxygen atoms in total. The number of hydrogen-bond acceptors (Lipinski definition) is 7. The number of esters is 1. The summed E-state index contributed by atoms with van der Waals surface area (Å²) in [6.45, 7) is -0.0243. The van der Waals surface area contributed by atoms with E-state index in [1.54, 1.807) is 36.4 Å². The summed E-state index contributed by atoms with van der Waals surface area (Å²) in [7, 11) is 1.11. The Morgan fingerprint density at radius 2 is 1.74 bits per heavy atom. The van der Waals surface area contributed by atoms with E-state index in [0.717, 1.165) is 17.8 Å². The van der Waals surface area contributed by atoms with E-state index in [4.69, 9.17) is 25.4 Å². The van der Waals surface area contributed by atoms with Crippen molar-refractivity contribution in [2.45, 2.75) is 19.4 Å². The second kappa shape index (κ2) is 11.7. The summed E-state index contributed by atoms with van der Waals surface area (Å²) in [5.41, 5.74) is 6.09. The molecule has 0 aliphatic rings. The van der Waals surface area contributed by atoms with Crippen LogP contribution in [0.2, 0.25) is 0 Å². The van der Waals surface area contributed by atoms with Crippen molar-refractivity contribution in [3.63, 3.8) is 0 Å². The number of hydrogen-bond donors (Lipinski definition) is 4. The van der Waals surface area contributed by atoms with Crippen LogP contribution in [0.4, 0.5) is 4.79 Å². The number of ether oxygens (including phenoxy) is 1. The SMILES string of the molecule is CN(C(=O)O)C(=O)CCC(=O)NCc1ccc(C(=O)Oc2ccc3cc(C(=N)N)ccc3c2)o1.Cl. The van der Waals surface area contributed by atoms with E-state index in [2.05, 4.69) is 5.32 Å². The van der Waals surface area contributed by atoms with E-state index in [1.165, 1.54) is 12.1 Å². The molecule has 1 heterocycles. The van der Waals surface area contributed by atoms with Crippen LogP contribution in [0.15, 0.2) is 52.9 Å². The minimum atomic E-state index is -1.40. The van der Waals surface area contributed by atoms with Crippen LogP contribution in [-0.4, -0.2) is 46.8 Å². The molecule has 0 radical (unpaired) electrons. The number of amides is 3. The lowest BCUT2D eigenvalue weighted by atomic mass is 10.1. The number of fused-ring (bicyclic) bond motifs is 1. The fraction of sp³-hybridized carbons (Fsp3) is 0.174. The van der Waals surface area contributed by atoms with E-state index < -0.39 is 23.9 Å². The zero-order valence-electron chi connectivity index (χ0n) is 18.6. The Kier molecular flexibility index (Phi) is 8.95. The summed E-state index contributed by atoms with van der Waals surface area (Å²) in [4.78, 5) is 47.1. The molecule has 0 saturated heterocycles. The van der Waals surface area contributed by atoms with Crippen molar-refractivity contribution < 1.29 is 33.4 Å². The average Bonchev–Trinajstić information content (AvgIpc) is 3.29. The van der Waals surface area contributed by atoms with Gasteiger partial charge in [0.15, 0.2) is 0 Å². The van der Waals surface area contributed by atoms with Crippen LogP contribution < -0.4 is 15.8 Å². The molecule has 5 N–H and O–H groups in total. The first kappa shape index (κ1) is 26.9. The number of benzene rings is 2. The van der Waals surface area contributed by atoms with Gasteiger partial charge in [-0.2, -0.15) is 0 Å². The molecule has 0 aliphatic heterocycles. The van der Waals surface area contributed by atoms with Crippen molar-refractivity contribution in [1.82, 2.24) is 10.2 Å². The summed E-state index contributed by atoms with van der Waals surface area (Å²) < 4.78 is 10.8. The Bertz CT molecular complexity index is 1290. The summed E-state index contributed by atoms with van der Waals surface area (Å²) in [5.74, 6) is -1.40. The Balaban J connectivity index is 0.00000432. The summed E-state index contributed by atoms with van der Waals surface area (Å²) in [6.07, 6.45) is -1.85. The molecule has 12 heteroatoms. The van der Waals surface area contributed by atoms with Gasteiger partial charge in [-0.15, -0.1) is 12.4 Å². The zero-order valence-corrected chi connectivity index (χ0v) is 19.4. The molecule has 0 saturated carbocycles. The largest absolute Gasteiger partial charge is 0.465 e. The maximum Gasteiger partial charge on any atom is 0.413 e. The number of carboxylic acid groups (broad SMARTS) is 1. The molecular formula is C23H23ClN4O7. The molecule has 3 aromatic rings. The van der Waals surface area contributed by atoms with Gasteiger partial charge >= 0.3 is 12.1 Å². The lowest BCUT2D eigenvalue weighted by molar-refractivity contribution is -0.131. The minimum absolute atomic E-state index is 0. The first-order chi connectivity index (χ1) is 16.1. The predicted molar refractivity (Wildman–Crippen MR) is 128 cm³/mol. The number of nitrogens with one attached hydrogen (secondary N) is 2. The molecule has 0 fully saturated rings. The maximum atomic E-state index is 12.4. The topological polar surface area (TPSA) is 176 Å². The van der Waals surface area contributed by atoms with Crippen LogP contribution in [0.25, 0.3) is 10.8 Å². The van der Waals surface area contributed by atoms with Crippen molar-refractivity contribution in [2.75, 3.05) is 7.05 Å². The molecular weight excluding hydrogens is 480 g/mol. The highest BCUT2D eigenvalue weighted by atomic mass is 35.5. The number of furan rings is 1. The zero-order chi connectivity index (χ0) is 24.8. The number of rotatable bonds is 8. The van der Waals surface area contributed by atoms with Crippen molar-refractivity contribution in [3.05, 3.63) is 65.6 Å². The molecule has 184 valence electrons. The summed E-state index contributed by atoms with van der Waals surface area (Å²) in [5, 5.41) is 20.4. The molecule has 35 heavy (non-hydrogen) atoms. The van der Waals surface area contributed by atoms with Gasteiger partial charge in [0.05, 0.1) is 6.54 Å². The van der Waals surface area contributed by atoms with Crippen LogP contribution in [-0.2, 0) is 16.1 Å². The molecule has 0 bridgehead atoms. The van der Waals surface area contributed by atoms with E-state index in [-0.39, 0.29) is 43.4 Å². The lowest BCUT2D eigenvalue weighted by Crippen LogP contribution is -2.33. The standard InChI is InChI=1S/C23H22N4O7.ClH/c1-27(23(31)32)20(29)9-8-19(28)26-12-17-6-7-18(33-17)22(30)34-16-5-4-13-10-15(21(24)25)3-2-14(13)11-16;/h2-7,10-11H,8-9,12H2,1H3,(H3,24,25)(H,26,28)(H,31,32);1H. The number of nitrogen functional groups attached to an aromatic ring is 1. The number of nitrogens with zero attached hydrogens (tertiary/aromatic N) is 1. The number of carbonyl (C=O) groups excluding carboxylic acids is 3.